The van der Waals surface area contributed by atoms with Crippen molar-refractivity contribution in [2.24, 2.45) is 0 Å². The molecule has 0 saturated heterocycles. The van der Waals surface area contributed by atoms with Crippen LogP contribution in [-0.4, -0.2) is 34.4 Å². The van der Waals surface area contributed by atoms with Crippen LogP contribution in [0.25, 0.3) is 11.7 Å². The Kier molecular flexibility index (Phi) is 5.12. The number of anilines is 1. The van der Waals surface area contributed by atoms with E-state index in [9.17, 15) is 9.59 Å². The zero-order valence-corrected chi connectivity index (χ0v) is 15.8. The molecule has 7 heteroatoms. The number of nitrogens with zero attached hydrogens (tertiary/aromatic N) is 3. The zero-order valence-electron chi connectivity index (χ0n) is 15.0. The van der Waals surface area contributed by atoms with Gasteiger partial charge in [-0.2, -0.15) is 0 Å². The van der Waals surface area contributed by atoms with E-state index in [2.05, 4.69) is 4.98 Å². The normalized spacial score (nSPS) is 13.7. The number of fused-ring (bicyclic) bond motifs is 2. The number of imidazole rings is 1. The summed E-state index contributed by atoms with van der Waals surface area (Å²) in [5.41, 5.74) is 3.28. The Morgan fingerprint density at radius 1 is 1.18 bits per heavy atom. The summed E-state index contributed by atoms with van der Waals surface area (Å²) in [5.74, 6) is -0.845. The van der Waals surface area contributed by atoms with Crippen LogP contribution in [0.3, 0.4) is 0 Å². The lowest BCUT2D eigenvalue weighted by molar-refractivity contribution is -0.142. The molecule has 0 unspecified atom stereocenters. The summed E-state index contributed by atoms with van der Waals surface area (Å²) in [7, 11) is 0. The third-order valence-electron chi connectivity index (χ3n) is 4.65. The number of esters is 1. The van der Waals surface area contributed by atoms with E-state index in [0.717, 1.165) is 24.1 Å². The molecule has 0 N–H and O–H groups in total. The first-order chi connectivity index (χ1) is 13.6. The predicted octanol–water partition coefficient (Wildman–Crippen LogP) is 3.52. The lowest BCUT2D eigenvalue weighted by Crippen LogP contribution is -2.38. The van der Waals surface area contributed by atoms with Gasteiger partial charge in [0.1, 0.15) is 5.65 Å². The van der Waals surface area contributed by atoms with Gasteiger partial charge in [-0.25, -0.2) is 9.78 Å². The summed E-state index contributed by atoms with van der Waals surface area (Å²) >= 11 is 6.13. The first-order valence-electron chi connectivity index (χ1n) is 8.99. The number of hydrogen-bond donors (Lipinski definition) is 0. The van der Waals surface area contributed by atoms with Crippen molar-refractivity contribution >= 4 is 40.9 Å². The quantitative estimate of drug-likeness (QED) is 0.501. The lowest BCUT2D eigenvalue weighted by Gasteiger charge is -2.29. The van der Waals surface area contributed by atoms with E-state index in [0.29, 0.717) is 17.9 Å². The number of halogens is 1. The van der Waals surface area contributed by atoms with Gasteiger partial charge in [0.2, 0.25) is 0 Å². The third kappa shape index (κ3) is 3.64. The maximum Gasteiger partial charge on any atom is 0.331 e. The van der Waals surface area contributed by atoms with E-state index in [1.165, 1.54) is 12.2 Å². The number of carbonyl (C=O) groups is 2. The van der Waals surface area contributed by atoms with Gasteiger partial charge < -0.3 is 9.64 Å². The molecule has 0 bridgehead atoms. The molecule has 28 heavy (non-hydrogen) atoms. The van der Waals surface area contributed by atoms with Crippen molar-refractivity contribution in [3.05, 3.63) is 71.1 Å². The molecule has 4 rings (SSSR count). The molecular formula is C21H18ClN3O3. The van der Waals surface area contributed by atoms with E-state index in [1.807, 2.05) is 42.5 Å². The topological polar surface area (TPSA) is 63.9 Å². The summed E-state index contributed by atoms with van der Waals surface area (Å²) in [4.78, 5) is 30.5. The van der Waals surface area contributed by atoms with Gasteiger partial charge in [-0.15, -0.1) is 0 Å². The monoisotopic (exact) mass is 395 g/mol. The van der Waals surface area contributed by atoms with Crippen molar-refractivity contribution in [2.45, 2.75) is 12.8 Å². The van der Waals surface area contributed by atoms with Crippen LogP contribution in [-0.2, 0) is 20.7 Å². The molecule has 0 saturated carbocycles. The first-order valence-corrected chi connectivity index (χ1v) is 9.37. The molecule has 6 nitrogen and oxygen atoms in total. The molecule has 1 aliphatic rings. The summed E-state index contributed by atoms with van der Waals surface area (Å²) < 4.78 is 6.90. The second kappa shape index (κ2) is 7.86. The van der Waals surface area contributed by atoms with Crippen molar-refractivity contribution in [3.8, 4) is 0 Å². The smallest absolute Gasteiger partial charge is 0.331 e. The number of aromatic nitrogens is 2. The Hall–Kier alpha value is -3.12. The van der Waals surface area contributed by atoms with Crippen molar-refractivity contribution in [1.29, 1.82) is 0 Å². The summed E-state index contributed by atoms with van der Waals surface area (Å²) in [6.45, 7) is 0.319. The summed E-state index contributed by atoms with van der Waals surface area (Å²) in [6.07, 6.45) is 6.42. The number of benzene rings is 1. The van der Waals surface area contributed by atoms with Crippen molar-refractivity contribution in [1.82, 2.24) is 9.38 Å². The van der Waals surface area contributed by atoms with Crippen LogP contribution in [0.4, 0.5) is 5.69 Å². The van der Waals surface area contributed by atoms with E-state index in [4.69, 9.17) is 16.3 Å². The van der Waals surface area contributed by atoms with E-state index >= 15 is 0 Å². The molecular weight excluding hydrogens is 378 g/mol. The molecule has 3 aromatic rings. The minimum absolute atomic E-state index is 0.235. The molecule has 0 radical (unpaired) electrons. The number of para-hydroxylation sites is 1. The van der Waals surface area contributed by atoms with Gasteiger partial charge in [-0.1, -0.05) is 35.9 Å². The van der Waals surface area contributed by atoms with E-state index in [-0.39, 0.29) is 17.7 Å². The zero-order chi connectivity index (χ0) is 19.5. The maximum absolute atomic E-state index is 12.5. The Balaban J connectivity index is 1.40. The molecule has 0 fully saturated rings. The third-order valence-corrected chi connectivity index (χ3v) is 4.93. The average Bonchev–Trinajstić information content (AvgIpc) is 3.05. The molecule has 142 valence electrons. The van der Waals surface area contributed by atoms with Gasteiger partial charge in [0.05, 0.1) is 5.69 Å². The molecule has 0 atom stereocenters. The molecule has 0 aliphatic carbocycles. The minimum atomic E-state index is -0.611. The SMILES string of the molecule is O=C(/C=C/c1c(Cl)nc2ccccn12)OCC(=O)N1CCCc2ccccc21. The van der Waals surface area contributed by atoms with Crippen LogP contribution < -0.4 is 4.90 Å². The number of ether oxygens (including phenoxy) is 1. The van der Waals surface area contributed by atoms with Crippen LogP contribution in [0.5, 0.6) is 0 Å². The van der Waals surface area contributed by atoms with Gasteiger partial charge in [0, 0.05) is 24.5 Å². The number of pyridine rings is 1. The maximum atomic E-state index is 12.5. The Bertz CT molecular complexity index is 1070. The highest BCUT2D eigenvalue weighted by atomic mass is 35.5. The minimum Gasteiger partial charge on any atom is -0.452 e. The fraction of sp³-hybridized carbons (Fsp3) is 0.190. The second-order valence-corrected chi connectivity index (χ2v) is 6.79. The van der Waals surface area contributed by atoms with E-state index < -0.39 is 5.97 Å². The number of rotatable bonds is 4. The van der Waals surface area contributed by atoms with Gasteiger partial charge in [0.15, 0.2) is 11.8 Å². The van der Waals surface area contributed by atoms with Gasteiger partial charge in [-0.05, 0) is 42.7 Å². The molecule has 2 aromatic heterocycles. The Labute approximate surface area is 167 Å². The molecule has 0 spiro atoms. The van der Waals surface area contributed by atoms with Crippen LogP contribution in [0, 0.1) is 0 Å². The van der Waals surface area contributed by atoms with E-state index in [1.54, 1.807) is 15.5 Å². The lowest BCUT2D eigenvalue weighted by atomic mass is 10.0. The first kappa shape index (κ1) is 18.3. The number of hydrogen-bond acceptors (Lipinski definition) is 4. The van der Waals surface area contributed by atoms with Crippen LogP contribution >= 0.6 is 11.6 Å². The molecule has 1 aromatic carbocycles. The van der Waals surface area contributed by atoms with Gasteiger partial charge in [-0.3, -0.25) is 9.20 Å². The van der Waals surface area contributed by atoms with Crippen molar-refractivity contribution < 1.29 is 14.3 Å². The van der Waals surface area contributed by atoms with Crippen LogP contribution in [0.2, 0.25) is 5.15 Å². The highest BCUT2D eigenvalue weighted by molar-refractivity contribution is 6.31. The largest absolute Gasteiger partial charge is 0.452 e. The molecule has 1 amide bonds. The van der Waals surface area contributed by atoms with Crippen molar-refractivity contribution in [3.63, 3.8) is 0 Å². The fourth-order valence-electron chi connectivity index (χ4n) is 3.33. The fourth-order valence-corrected chi connectivity index (χ4v) is 3.57. The van der Waals surface area contributed by atoms with Crippen molar-refractivity contribution in [2.75, 3.05) is 18.1 Å². The standard InChI is InChI=1S/C21H18ClN3O3/c22-21-17(24-12-4-3-9-18(24)23-21)10-11-20(27)28-14-19(26)25-13-5-7-15-6-1-2-8-16(15)25/h1-4,6,8-12H,5,7,13-14H2/b11-10+. The molecule has 3 heterocycles. The Morgan fingerprint density at radius 2 is 2.00 bits per heavy atom. The Morgan fingerprint density at radius 3 is 2.89 bits per heavy atom. The number of carbonyl (C=O) groups excluding carboxylic acids is 2. The van der Waals surface area contributed by atoms with Crippen LogP contribution in [0.15, 0.2) is 54.7 Å². The summed E-state index contributed by atoms with van der Waals surface area (Å²) in [6, 6.07) is 13.3. The highest BCUT2D eigenvalue weighted by Gasteiger charge is 2.22. The predicted molar refractivity (Wildman–Crippen MR) is 107 cm³/mol. The second-order valence-electron chi connectivity index (χ2n) is 6.44. The van der Waals surface area contributed by atoms with Gasteiger partial charge >= 0.3 is 5.97 Å². The highest BCUT2D eigenvalue weighted by Crippen LogP contribution is 2.26. The molecule has 1 aliphatic heterocycles. The van der Waals surface area contributed by atoms with Crippen LogP contribution in [0.1, 0.15) is 17.7 Å². The number of aryl methyl sites for hydroxylation is 1. The number of amides is 1. The average molecular weight is 396 g/mol. The summed E-state index contributed by atoms with van der Waals surface area (Å²) in [5, 5.41) is 0.288. The van der Waals surface area contributed by atoms with Gasteiger partial charge in [0.25, 0.3) is 5.91 Å².